The van der Waals surface area contributed by atoms with Crippen molar-refractivity contribution in [3.63, 3.8) is 0 Å². The lowest BCUT2D eigenvalue weighted by Gasteiger charge is -2.18. The van der Waals surface area contributed by atoms with E-state index in [2.05, 4.69) is 10.1 Å². The van der Waals surface area contributed by atoms with Gasteiger partial charge < -0.3 is 15.0 Å². The van der Waals surface area contributed by atoms with Crippen molar-refractivity contribution in [1.82, 2.24) is 5.32 Å². The summed E-state index contributed by atoms with van der Waals surface area (Å²) in [5.41, 5.74) is 0.342. The fourth-order valence-electron chi connectivity index (χ4n) is 1.76. The van der Waals surface area contributed by atoms with Crippen molar-refractivity contribution in [3.8, 4) is 0 Å². The summed E-state index contributed by atoms with van der Waals surface area (Å²) in [6, 6.07) is 4.19. The average Bonchev–Trinajstić information content (AvgIpc) is 2.50. The van der Waals surface area contributed by atoms with E-state index < -0.39 is 16.8 Å². The van der Waals surface area contributed by atoms with Crippen LogP contribution in [0.15, 0.2) is 18.2 Å². The second kappa shape index (κ2) is 7.22. The monoisotopic (exact) mass is 295 g/mol. The molecular weight excluding hydrogens is 278 g/mol. The van der Waals surface area contributed by atoms with Gasteiger partial charge in [-0.3, -0.25) is 19.7 Å². The fourth-order valence-corrected chi connectivity index (χ4v) is 1.76. The summed E-state index contributed by atoms with van der Waals surface area (Å²) < 4.78 is 4.53. The standard InChI is InChI=1S/C13H17N3O5/c1-14-13(18)9-4-5-10(11(8-9)16(19)20)15(2)7-6-12(17)21-3/h4-5,8H,6-7H2,1-3H3,(H,14,18). The van der Waals surface area contributed by atoms with Gasteiger partial charge in [0, 0.05) is 32.3 Å². The molecule has 0 atom stereocenters. The maximum absolute atomic E-state index is 11.5. The number of hydrogen-bond donors (Lipinski definition) is 1. The number of carbonyl (C=O) groups excluding carboxylic acids is 2. The van der Waals surface area contributed by atoms with Crippen LogP contribution in [0.3, 0.4) is 0 Å². The highest BCUT2D eigenvalue weighted by atomic mass is 16.6. The molecule has 0 aliphatic carbocycles. The maximum Gasteiger partial charge on any atom is 0.307 e. The number of ether oxygens (including phenoxy) is 1. The quantitative estimate of drug-likeness (QED) is 0.476. The lowest BCUT2D eigenvalue weighted by atomic mass is 10.1. The number of esters is 1. The van der Waals surface area contributed by atoms with Gasteiger partial charge in [-0.1, -0.05) is 0 Å². The van der Waals surface area contributed by atoms with Gasteiger partial charge in [-0.25, -0.2) is 0 Å². The van der Waals surface area contributed by atoms with Gasteiger partial charge >= 0.3 is 5.97 Å². The number of anilines is 1. The molecule has 0 spiro atoms. The van der Waals surface area contributed by atoms with Crippen LogP contribution in [0.2, 0.25) is 0 Å². The van der Waals surface area contributed by atoms with Gasteiger partial charge in [0.15, 0.2) is 0 Å². The number of methoxy groups -OCH3 is 1. The van der Waals surface area contributed by atoms with Crippen LogP contribution in [-0.2, 0) is 9.53 Å². The summed E-state index contributed by atoms with van der Waals surface area (Å²) in [6.45, 7) is 0.271. The molecule has 0 aromatic heterocycles. The zero-order chi connectivity index (χ0) is 16.0. The molecule has 8 nitrogen and oxygen atoms in total. The van der Waals surface area contributed by atoms with E-state index in [1.807, 2.05) is 0 Å². The van der Waals surface area contributed by atoms with Crippen LogP contribution in [0, 0.1) is 10.1 Å². The number of carbonyl (C=O) groups is 2. The smallest absolute Gasteiger partial charge is 0.307 e. The van der Waals surface area contributed by atoms with E-state index in [1.54, 1.807) is 11.9 Å². The van der Waals surface area contributed by atoms with Crippen molar-refractivity contribution in [1.29, 1.82) is 0 Å². The largest absolute Gasteiger partial charge is 0.469 e. The van der Waals surface area contributed by atoms with Crippen molar-refractivity contribution < 1.29 is 19.2 Å². The van der Waals surface area contributed by atoms with Crippen LogP contribution in [0.1, 0.15) is 16.8 Å². The van der Waals surface area contributed by atoms with E-state index >= 15 is 0 Å². The summed E-state index contributed by atoms with van der Waals surface area (Å²) in [6.07, 6.45) is 0.112. The highest BCUT2D eigenvalue weighted by Gasteiger charge is 2.20. The Morgan fingerprint density at radius 1 is 1.43 bits per heavy atom. The van der Waals surface area contributed by atoms with Crippen LogP contribution in [0.5, 0.6) is 0 Å². The topological polar surface area (TPSA) is 102 Å². The third kappa shape index (κ3) is 4.16. The number of rotatable bonds is 6. The third-order valence-corrected chi connectivity index (χ3v) is 2.95. The van der Waals surface area contributed by atoms with E-state index in [9.17, 15) is 19.7 Å². The van der Waals surface area contributed by atoms with Crippen molar-refractivity contribution in [2.45, 2.75) is 6.42 Å². The molecule has 0 aliphatic heterocycles. The highest BCUT2D eigenvalue weighted by molar-refractivity contribution is 5.95. The van der Waals surface area contributed by atoms with Gasteiger partial charge in [0.25, 0.3) is 11.6 Å². The first kappa shape index (κ1) is 16.4. The van der Waals surface area contributed by atoms with E-state index in [0.717, 1.165) is 0 Å². The molecule has 1 N–H and O–H groups in total. The molecule has 114 valence electrons. The molecule has 1 rings (SSSR count). The summed E-state index contributed by atoms with van der Waals surface area (Å²) in [4.78, 5) is 34.8. The molecule has 0 saturated carbocycles. The van der Waals surface area contributed by atoms with Gasteiger partial charge in [0.05, 0.1) is 18.5 Å². The molecule has 0 radical (unpaired) electrons. The van der Waals surface area contributed by atoms with Crippen LogP contribution < -0.4 is 10.2 Å². The molecule has 1 aromatic rings. The Labute approximate surface area is 121 Å². The van der Waals surface area contributed by atoms with Crippen LogP contribution in [-0.4, -0.2) is 44.5 Å². The summed E-state index contributed by atoms with van der Waals surface area (Å²) >= 11 is 0. The lowest BCUT2D eigenvalue weighted by Crippen LogP contribution is -2.23. The van der Waals surface area contributed by atoms with Crippen LogP contribution >= 0.6 is 0 Å². The molecule has 0 unspecified atom stereocenters. The SMILES string of the molecule is CNC(=O)c1ccc(N(C)CCC(=O)OC)c([N+](=O)[O-])c1. The van der Waals surface area contributed by atoms with Crippen molar-refractivity contribution in [3.05, 3.63) is 33.9 Å². The number of nitrogens with one attached hydrogen (secondary N) is 1. The average molecular weight is 295 g/mol. The number of hydrogen-bond acceptors (Lipinski definition) is 6. The number of nitro groups is 1. The minimum atomic E-state index is -0.559. The van der Waals surface area contributed by atoms with E-state index in [1.165, 1.54) is 32.4 Å². The first-order valence-electron chi connectivity index (χ1n) is 6.19. The molecule has 0 aliphatic rings. The predicted octanol–water partition coefficient (Wildman–Crippen LogP) is 0.954. The second-order valence-electron chi connectivity index (χ2n) is 4.29. The minimum Gasteiger partial charge on any atom is -0.469 e. The molecule has 1 aromatic carbocycles. The zero-order valence-corrected chi connectivity index (χ0v) is 12.1. The van der Waals surface area contributed by atoms with Crippen LogP contribution in [0.4, 0.5) is 11.4 Å². The van der Waals surface area contributed by atoms with Gasteiger partial charge in [0.1, 0.15) is 5.69 Å². The zero-order valence-electron chi connectivity index (χ0n) is 12.1. The normalized spacial score (nSPS) is 9.86. The maximum atomic E-state index is 11.5. The van der Waals surface area contributed by atoms with E-state index in [4.69, 9.17) is 0 Å². The van der Waals surface area contributed by atoms with E-state index in [-0.39, 0.29) is 24.2 Å². The van der Waals surface area contributed by atoms with Crippen molar-refractivity contribution in [2.75, 3.05) is 32.6 Å². The van der Waals surface area contributed by atoms with Gasteiger partial charge in [-0.05, 0) is 12.1 Å². The number of nitrogens with zero attached hydrogens (tertiary/aromatic N) is 2. The number of benzene rings is 1. The highest BCUT2D eigenvalue weighted by Crippen LogP contribution is 2.28. The van der Waals surface area contributed by atoms with Gasteiger partial charge in [-0.15, -0.1) is 0 Å². The third-order valence-electron chi connectivity index (χ3n) is 2.95. The van der Waals surface area contributed by atoms with Gasteiger partial charge in [0.2, 0.25) is 0 Å². The lowest BCUT2D eigenvalue weighted by molar-refractivity contribution is -0.384. The summed E-state index contributed by atoms with van der Waals surface area (Å²) in [7, 11) is 4.36. The van der Waals surface area contributed by atoms with Crippen LogP contribution in [0.25, 0.3) is 0 Å². The molecule has 21 heavy (non-hydrogen) atoms. The molecule has 0 bridgehead atoms. The Bertz CT molecular complexity index is 559. The second-order valence-corrected chi connectivity index (χ2v) is 4.29. The van der Waals surface area contributed by atoms with E-state index in [0.29, 0.717) is 5.69 Å². The molecule has 0 heterocycles. The van der Waals surface area contributed by atoms with Gasteiger partial charge in [-0.2, -0.15) is 0 Å². The van der Waals surface area contributed by atoms with Crippen molar-refractivity contribution in [2.24, 2.45) is 0 Å². The Kier molecular flexibility index (Phi) is 5.65. The summed E-state index contributed by atoms with van der Waals surface area (Å²) in [5, 5.41) is 13.5. The first-order valence-corrected chi connectivity index (χ1v) is 6.19. The molecule has 8 heteroatoms. The Balaban J connectivity index is 3.03. The van der Waals surface area contributed by atoms with Crippen molar-refractivity contribution >= 4 is 23.3 Å². The predicted molar refractivity (Wildman–Crippen MR) is 76.4 cm³/mol. The number of amides is 1. The molecular formula is C13H17N3O5. The molecule has 1 amide bonds. The molecule has 0 fully saturated rings. The summed E-state index contributed by atoms with van der Waals surface area (Å²) in [5.74, 6) is -0.798. The first-order chi connectivity index (χ1) is 9.90. The Morgan fingerprint density at radius 3 is 2.62 bits per heavy atom. The Morgan fingerprint density at radius 2 is 2.10 bits per heavy atom. The number of nitro benzene ring substituents is 1. The Hall–Kier alpha value is -2.64. The fraction of sp³-hybridized carbons (Fsp3) is 0.385. The molecule has 0 saturated heterocycles. The minimum absolute atomic E-state index is 0.112.